The van der Waals surface area contributed by atoms with Crippen LogP contribution < -0.4 is 10.6 Å². The zero-order chi connectivity index (χ0) is 15.2. The quantitative estimate of drug-likeness (QED) is 0.799. The molecule has 1 aliphatic rings. The normalized spacial score (nSPS) is 23.4. The Morgan fingerprint density at radius 1 is 1.38 bits per heavy atom. The van der Waals surface area contributed by atoms with Crippen molar-refractivity contribution < 1.29 is 14.3 Å². The Labute approximate surface area is 124 Å². The predicted molar refractivity (Wildman–Crippen MR) is 79.3 cm³/mol. The molecule has 3 atom stereocenters. The summed E-state index contributed by atoms with van der Waals surface area (Å²) in [6, 6.07) is 5.58. The molecule has 0 aliphatic heterocycles. The van der Waals surface area contributed by atoms with Crippen molar-refractivity contribution in [3.8, 4) is 0 Å². The Morgan fingerprint density at radius 3 is 2.76 bits per heavy atom. The molecular weight excluding hydrogens is 271 g/mol. The lowest BCUT2D eigenvalue weighted by atomic mass is 9.87. The summed E-state index contributed by atoms with van der Waals surface area (Å²) >= 11 is 0. The van der Waals surface area contributed by atoms with E-state index in [1.54, 1.807) is 0 Å². The lowest BCUT2D eigenvalue weighted by Gasteiger charge is -2.27. The Bertz CT molecular complexity index is 464. The molecule has 0 heterocycles. The van der Waals surface area contributed by atoms with Gasteiger partial charge in [0, 0.05) is 12.6 Å². The molecule has 1 aromatic carbocycles. The van der Waals surface area contributed by atoms with Crippen molar-refractivity contribution in [2.24, 2.45) is 5.92 Å². The average molecular weight is 294 g/mol. The summed E-state index contributed by atoms with van der Waals surface area (Å²) < 4.78 is 12.8. The van der Waals surface area contributed by atoms with E-state index in [0.29, 0.717) is 11.5 Å². The van der Waals surface area contributed by atoms with Crippen molar-refractivity contribution in [3.63, 3.8) is 0 Å². The minimum atomic E-state index is -0.832. The Kier molecular flexibility index (Phi) is 5.56. The lowest BCUT2D eigenvalue weighted by Crippen LogP contribution is -2.44. The number of carbonyl (C=O) groups excluding carboxylic acids is 1. The van der Waals surface area contributed by atoms with Gasteiger partial charge in [-0.15, -0.1) is 0 Å². The maximum absolute atomic E-state index is 12.8. The molecule has 1 aromatic rings. The van der Waals surface area contributed by atoms with E-state index < -0.39 is 6.10 Å². The highest BCUT2D eigenvalue weighted by atomic mass is 19.1. The predicted octanol–water partition coefficient (Wildman–Crippen LogP) is 2.74. The number of carbonyl (C=O) groups is 1. The van der Waals surface area contributed by atoms with Crippen LogP contribution >= 0.6 is 0 Å². The first-order valence-electron chi connectivity index (χ1n) is 7.52. The molecule has 2 rings (SSSR count). The van der Waals surface area contributed by atoms with E-state index in [1.807, 2.05) is 0 Å². The molecule has 2 amide bonds. The van der Waals surface area contributed by atoms with Gasteiger partial charge in [0.1, 0.15) is 5.82 Å². The van der Waals surface area contributed by atoms with Crippen molar-refractivity contribution in [2.75, 3.05) is 6.54 Å². The van der Waals surface area contributed by atoms with E-state index in [2.05, 4.69) is 17.6 Å². The van der Waals surface area contributed by atoms with Gasteiger partial charge >= 0.3 is 6.03 Å². The minimum Gasteiger partial charge on any atom is -0.387 e. The van der Waals surface area contributed by atoms with Gasteiger partial charge in [0.2, 0.25) is 0 Å². The second-order valence-electron chi connectivity index (χ2n) is 5.89. The van der Waals surface area contributed by atoms with Crippen LogP contribution in [0.2, 0.25) is 0 Å². The number of hydrogen-bond acceptors (Lipinski definition) is 2. The number of aliphatic hydroxyl groups is 1. The molecule has 1 aliphatic carbocycles. The van der Waals surface area contributed by atoms with Gasteiger partial charge in [-0.2, -0.15) is 0 Å². The van der Waals surface area contributed by atoms with E-state index in [-0.39, 0.29) is 24.4 Å². The number of rotatable bonds is 4. The van der Waals surface area contributed by atoms with Crippen molar-refractivity contribution in [1.82, 2.24) is 10.6 Å². The van der Waals surface area contributed by atoms with Gasteiger partial charge in [0.05, 0.1) is 6.10 Å². The Morgan fingerprint density at radius 2 is 2.10 bits per heavy atom. The van der Waals surface area contributed by atoms with Crippen molar-refractivity contribution >= 4 is 6.03 Å². The highest BCUT2D eigenvalue weighted by molar-refractivity contribution is 5.74. The molecule has 1 saturated carbocycles. The van der Waals surface area contributed by atoms with Gasteiger partial charge in [-0.05, 0) is 36.5 Å². The number of benzene rings is 1. The Hall–Kier alpha value is -1.62. The maximum Gasteiger partial charge on any atom is 0.315 e. The highest BCUT2D eigenvalue weighted by Gasteiger charge is 2.20. The van der Waals surface area contributed by atoms with Gasteiger partial charge in [0.15, 0.2) is 0 Å². The second-order valence-corrected chi connectivity index (χ2v) is 5.89. The maximum atomic E-state index is 12.8. The topological polar surface area (TPSA) is 61.4 Å². The molecule has 4 nitrogen and oxygen atoms in total. The first-order chi connectivity index (χ1) is 10.0. The summed E-state index contributed by atoms with van der Waals surface area (Å²) in [7, 11) is 0. The molecule has 3 unspecified atom stereocenters. The van der Waals surface area contributed by atoms with E-state index in [4.69, 9.17) is 0 Å². The van der Waals surface area contributed by atoms with Gasteiger partial charge in [-0.3, -0.25) is 0 Å². The standard InChI is InChI=1S/C16H23FN2O2/c1-11-3-2-4-14(9-11)19-16(21)18-10-15(20)12-5-7-13(17)8-6-12/h5-8,11,14-15,20H,2-4,9-10H2,1H3,(H2,18,19,21). The number of hydrogen-bond donors (Lipinski definition) is 3. The van der Waals surface area contributed by atoms with Crippen LogP contribution in [-0.2, 0) is 0 Å². The summed E-state index contributed by atoms with van der Waals surface area (Å²) in [6.07, 6.45) is 3.56. The molecule has 0 bridgehead atoms. The third-order valence-corrected chi connectivity index (χ3v) is 3.98. The van der Waals surface area contributed by atoms with E-state index in [0.717, 1.165) is 19.3 Å². The zero-order valence-corrected chi connectivity index (χ0v) is 12.3. The molecule has 21 heavy (non-hydrogen) atoms. The molecule has 3 N–H and O–H groups in total. The number of amides is 2. The fourth-order valence-corrected chi connectivity index (χ4v) is 2.79. The molecule has 0 spiro atoms. The molecule has 1 fully saturated rings. The van der Waals surface area contributed by atoms with Crippen molar-refractivity contribution in [3.05, 3.63) is 35.6 Å². The second kappa shape index (κ2) is 7.41. The first-order valence-corrected chi connectivity index (χ1v) is 7.52. The summed E-state index contributed by atoms with van der Waals surface area (Å²) in [5, 5.41) is 15.6. The Balaban J connectivity index is 1.74. The monoisotopic (exact) mass is 294 g/mol. The third kappa shape index (κ3) is 5.01. The van der Waals surface area contributed by atoms with E-state index >= 15 is 0 Å². The van der Waals surface area contributed by atoms with Gasteiger partial charge in [-0.25, -0.2) is 9.18 Å². The minimum absolute atomic E-state index is 0.111. The van der Waals surface area contributed by atoms with Crippen molar-refractivity contribution in [1.29, 1.82) is 0 Å². The molecule has 116 valence electrons. The number of halogens is 1. The van der Waals surface area contributed by atoms with Crippen LogP contribution in [0.5, 0.6) is 0 Å². The number of aliphatic hydroxyl groups excluding tert-OH is 1. The fraction of sp³-hybridized carbons (Fsp3) is 0.562. The highest BCUT2D eigenvalue weighted by Crippen LogP contribution is 2.23. The SMILES string of the molecule is CC1CCCC(NC(=O)NCC(O)c2ccc(F)cc2)C1. The van der Waals surface area contributed by atoms with Crippen LogP contribution in [0.1, 0.15) is 44.3 Å². The number of nitrogens with one attached hydrogen (secondary N) is 2. The van der Waals surface area contributed by atoms with Gasteiger partial charge < -0.3 is 15.7 Å². The molecule has 5 heteroatoms. The molecule has 0 aromatic heterocycles. The van der Waals surface area contributed by atoms with Crippen LogP contribution in [0.4, 0.5) is 9.18 Å². The zero-order valence-electron chi connectivity index (χ0n) is 12.3. The summed E-state index contributed by atoms with van der Waals surface area (Å²) in [6.45, 7) is 2.31. The van der Waals surface area contributed by atoms with Crippen LogP contribution in [0.25, 0.3) is 0 Å². The van der Waals surface area contributed by atoms with Crippen LogP contribution in [-0.4, -0.2) is 23.7 Å². The van der Waals surface area contributed by atoms with Crippen LogP contribution in [0.3, 0.4) is 0 Å². The van der Waals surface area contributed by atoms with E-state index in [9.17, 15) is 14.3 Å². The van der Waals surface area contributed by atoms with Gasteiger partial charge in [0.25, 0.3) is 0 Å². The molecule has 0 radical (unpaired) electrons. The van der Waals surface area contributed by atoms with Crippen molar-refractivity contribution in [2.45, 2.75) is 44.8 Å². The smallest absolute Gasteiger partial charge is 0.315 e. The average Bonchev–Trinajstić information content (AvgIpc) is 2.45. The summed E-state index contributed by atoms with van der Waals surface area (Å²) in [4.78, 5) is 11.8. The van der Waals surface area contributed by atoms with Crippen LogP contribution in [0, 0.1) is 11.7 Å². The molecular formula is C16H23FN2O2. The number of urea groups is 1. The van der Waals surface area contributed by atoms with E-state index in [1.165, 1.54) is 30.7 Å². The largest absolute Gasteiger partial charge is 0.387 e. The summed E-state index contributed by atoms with van der Waals surface area (Å²) in [5.74, 6) is 0.303. The first kappa shape index (κ1) is 15.8. The lowest BCUT2D eigenvalue weighted by molar-refractivity contribution is 0.171. The molecule has 0 saturated heterocycles. The van der Waals surface area contributed by atoms with Crippen LogP contribution in [0.15, 0.2) is 24.3 Å². The summed E-state index contributed by atoms with van der Waals surface area (Å²) in [5.41, 5.74) is 0.586. The third-order valence-electron chi connectivity index (χ3n) is 3.98. The fourth-order valence-electron chi connectivity index (χ4n) is 2.79. The van der Waals surface area contributed by atoms with Gasteiger partial charge in [-0.1, -0.05) is 31.9 Å².